The van der Waals surface area contributed by atoms with Crippen LogP contribution in [0.3, 0.4) is 0 Å². The summed E-state index contributed by atoms with van der Waals surface area (Å²) in [4.78, 5) is 22.5. The van der Waals surface area contributed by atoms with Gasteiger partial charge in [0, 0.05) is 0 Å². The number of hydrogen-bond acceptors (Lipinski definition) is 3. The molecule has 158 valence electrons. The molecule has 0 heterocycles. The Morgan fingerprint density at radius 1 is 0.786 bits per heavy atom. The zero-order chi connectivity index (χ0) is 19.7. The van der Waals surface area contributed by atoms with Gasteiger partial charge >= 0.3 is 82.2 Å². The fraction of sp³-hybridized carbons (Fsp3) is 0.909. The second-order valence-corrected chi connectivity index (χ2v) is 7.88. The quantitative estimate of drug-likeness (QED) is 0.155. The molecular formula is C22H44KLiO4. The van der Waals surface area contributed by atoms with Crippen LogP contribution in [0.4, 0.5) is 0 Å². The van der Waals surface area contributed by atoms with Gasteiger partial charge in [-0.25, -0.2) is 0 Å². The van der Waals surface area contributed by atoms with Gasteiger partial charge in [0.25, 0.3) is 0 Å². The van der Waals surface area contributed by atoms with Crippen molar-refractivity contribution in [2.45, 2.75) is 129 Å². The van der Waals surface area contributed by atoms with Crippen LogP contribution in [0, 0.1) is 0 Å². The number of hydrogen-bond donors (Lipinski definition) is 1. The van der Waals surface area contributed by atoms with E-state index in [1.54, 1.807) is 0 Å². The monoisotopic (exact) mass is 418 g/mol. The fourth-order valence-corrected chi connectivity index (χ4v) is 3.40. The van der Waals surface area contributed by atoms with Crippen LogP contribution in [-0.2, 0) is 14.3 Å². The van der Waals surface area contributed by atoms with Crippen molar-refractivity contribution in [2.24, 2.45) is 0 Å². The number of unbranched alkanes of at least 4 members (excludes halogenated alkanes) is 11. The van der Waals surface area contributed by atoms with Gasteiger partial charge < -0.3 is 12.7 Å². The van der Waals surface area contributed by atoms with E-state index in [4.69, 9.17) is 9.84 Å². The molecule has 28 heavy (non-hydrogen) atoms. The third kappa shape index (κ3) is 21.9. The minimum atomic E-state index is -1.12. The van der Waals surface area contributed by atoms with E-state index in [0.29, 0.717) is 0 Å². The summed E-state index contributed by atoms with van der Waals surface area (Å²) < 4.78 is 5.56. The number of rotatable bonds is 18. The van der Waals surface area contributed by atoms with Crippen molar-refractivity contribution in [3.05, 3.63) is 0 Å². The first-order valence-corrected chi connectivity index (χ1v) is 10.9. The van der Waals surface area contributed by atoms with Crippen molar-refractivity contribution in [3.63, 3.8) is 0 Å². The van der Waals surface area contributed by atoms with E-state index >= 15 is 0 Å². The summed E-state index contributed by atoms with van der Waals surface area (Å²) in [5, 5.41) is 8.76. The smallest absolute Gasteiger partial charge is 1.00 e. The van der Waals surface area contributed by atoms with E-state index in [2.05, 4.69) is 13.8 Å². The number of carboxylic acid groups (broad SMARTS) is 1. The van der Waals surface area contributed by atoms with Crippen LogP contribution in [0.25, 0.3) is 0 Å². The molecule has 1 N–H and O–H groups in total. The SMILES string of the molecule is CCCCCCCCCCCCC(C)(CCCCC)OC(=O)CC(=O)O.[H-].[H-].[K+].[Li+]. The maximum Gasteiger partial charge on any atom is 1.00 e. The molecule has 1 unspecified atom stereocenters. The number of carbonyl (C=O) groups is 2. The molecule has 0 saturated carbocycles. The summed E-state index contributed by atoms with van der Waals surface area (Å²) >= 11 is 0. The van der Waals surface area contributed by atoms with Crippen molar-refractivity contribution in [3.8, 4) is 0 Å². The Labute approximate surface area is 231 Å². The Hall–Kier alpha value is 1.17. The van der Waals surface area contributed by atoms with Gasteiger partial charge in [0.05, 0.1) is 0 Å². The second-order valence-electron chi connectivity index (χ2n) is 7.88. The molecule has 0 radical (unpaired) electrons. The minimum absolute atomic E-state index is 0. The normalized spacial score (nSPS) is 12.4. The van der Waals surface area contributed by atoms with Gasteiger partial charge in [-0.3, -0.25) is 9.59 Å². The molecule has 0 aliphatic rings. The molecular weight excluding hydrogens is 374 g/mol. The number of carboxylic acids is 1. The predicted octanol–water partition coefficient (Wildman–Crippen LogP) is 0.887. The first-order chi connectivity index (χ1) is 12.4. The Balaban J connectivity index is -0.000000521. The van der Waals surface area contributed by atoms with Crippen molar-refractivity contribution >= 4 is 11.9 Å². The van der Waals surface area contributed by atoms with Gasteiger partial charge in [-0.1, -0.05) is 84.5 Å². The minimum Gasteiger partial charge on any atom is -1.00 e. The van der Waals surface area contributed by atoms with Crippen LogP contribution in [-0.4, -0.2) is 22.6 Å². The van der Waals surface area contributed by atoms with Crippen molar-refractivity contribution < 1.29 is 92.5 Å². The first-order valence-electron chi connectivity index (χ1n) is 10.9. The summed E-state index contributed by atoms with van der Waals surface area (Å²) in [5.41, 5.74) is -0.512. The van der Waals surface area contributed by atoms with E-state index in [1.165, 1.54) is 51.4 Å². The van der Waals surface area contributed by atoms with E-state index in [-0.39, 0.29) is 73.1 Å². The number of carbonyl (C=O) groups excluding carboxylic acids is 1. The molecule has 0 aromatic heterocycles. The van der Waals surface area contributed by atoms with Crippen LogP contribution in [0.1, 0.15) is 126 Å². The van der Waals surface area contributed by atoms with Crippen LogP contribution in [0.15, 0.2) is 0 Å². The summed E-state index contributed by atoms with van der Waals surface area (Å²) in [6.45, 7) is 6.36. The fourth-order valence-electron chi connectivity index (χ4n) is 3.40. The molecule has 0 saturated heterocycles. The summed E-state index contributed by atoms with van der Waals surface area (Å²) in [6.07, 6.45) is 17.2. The molecule has 0 aliphatic heterocycles. The van der Waals surface area contributed by atoms with Crippen molar-refractivity contribution in [1.29, 1.82) is 0 Å². The molecule has 0 aromatic carbocycles. The molecule has 0 aromatic rings. The molecule has 0 spiro atoms. The van der Waals surface area contributed by atoms with Crippen LogP contribution in [0.5, 0.6) is 0 Å². The zero-order valence-corrected chi connectivity index (χ0v) is 22.6. The van der Waals surface area contributed by atoms with Gasteiger partial charge in [-0.15, -0.1) is 0 Å². The maximum absolute atomic E-state index is 11.8. The van der Waals surface area contributed by atoms with Crippen molar-refractivity contribution in [1.82, 2.24) is 0 Å². The zero-order valence-electron chi connectivity index (χ0n) is 21.5. The van der Waals surface area contributed by atoms with Crippen LogP contribution in [0.2, 0.25) is 0 Å². The summed E-state index contributed by atoms with van der Waals surface area (Å²) in [5.74, 6) is -1.73. The van der Waals surface area contributed by atoms with E-state index < -0.39 is 24.0 Å². The van der Waals surface area contributed by atoms with Gasteiger partial charge in [0.1, 0.15) is 12.0 Å². The molecule has 0 amide bonds. The first kappa shape index (κ1) is 33.8. The van der Waals surface area contributed by atoms with Crippen LogP contribution >= 0.6 is 0 Å². The van der Waals surface area contributed by atoms with Gasteiger partial charge in [0.15, 0.2) is 0 Å². The Bertz CT molecular complexity index is 390. The molecule has 0 fully saturated rings. The molecule has 0 bridgehead atoms. The molecule has 1 atom stereocenters. The molecule has 4 nitrogen and oxygen atoms in total. The van der Waals surface area contributed by atoms with E-state index in [1.807, 2.05) is 6.92 Å². The third-order valence-corrected chi connectivity index (χ3v) is 5.02. The van der Waals surface area contributed by atoms with Gasteiger partial charge in [-0.2, -0.15) is 0 Å². The van der Waals surface area contributed by atoms with Crippen molar-refractivity contribution in [2.75, 3.05) is 0 Å². The average molecular weight is 419 g/mol. The standard InChI is InChI=1S/C22H42O4.K.Li.2H/c1-4-6-8-9-10-11-12-13-14-16-18-22(3,17-15-7-5-2)26-21(25)19-20(23)24;;;;/h4-19H2,1-3H3,(H,23,24);;;;/q;2*+1;2*-1. The Morgan fingerprint density at radius 2 is 1.14 bits per heavy atom. The topological polar surface area (TPSA) is 63.6 Å². The summed E-state index contributed by atoms with van der Waals surface area (Å²) in [7, 11) is 0. The third-order valence-electron chi connectivity index (χ3n) is 5.02. The largest absolute Gasteiger partial charge is 1.00 e. The average Bonchev–Trinajstić information content (AvgIpc) is 2.56. The molecule has 0 rings (SSSR count). The Morgan fingerprint density at radius 3 is 1.57 bits per heavy atom. The maximum atomic E-state index is 11.8. The van der Waals surface area contributed by atoms with Gasteiger partial charge in [-0.05, 0) is 32.6 Å². The number of ether oxygens (including phenoxy) is 1. The van der Waals surface area contributed by atoms with E-state index in [9.17, 15) is 9.59 Å². The second kappa shape index (κ2) is 22.8. The van der Waals surface area contributed by atoms with E-state index in [0.717, 1.165) is 44.9 Å². The van der Waals surface area contributed by atoms with Gasteiger partial charge in [0.2, 0.25) is 0 Å². The molecule has 6 heteroatoms. The predicted molar refractivity (Wildman–Crippen MR) is 110 cm³/mol. The number of aliphatic carboxylic acids is 1. The van der Waals surface area contributed by atoms with Crippen LogP contribution < -0.4 is 70.2 Å². The Kier molecular flexibility index (Phi) is 27.6. The molecule has 0 aliphatic carbocycles. The summed E-state index contributed by atoms with van der Waals surface area (Å²) in [6, 6.07) is 0. The number of esters is 1.